The van der Waals surface area contributed by atoms with Gasteiger partial charge in [0.2, 0.25) is 0 Å². The Morgan fingerprint density at radius 1 is 0.652 bits per heavy atom. The smallest absolute Gasteiger partial charge is 1.00 e. The molecule has 0 atom stereocenters. The van der Waals surface area contributed by atoms with Crippen LogP contribution in [0.4, 0.5) is 0 Å². The third-order valence-electron chi connectivity index (χ3n) is 9.45. The predicted molar refractivity (Wildman–Crippen MR) is 192 cm³/mol. The Balaban J connectivity index is 0.00000240. The van der Waals surface area contributed by atoms with Crippen LogP contribution < -0.4 is 28.1 Å². The molecule has 4 aromatic rings. The minimum absolute atomic E-state index is 0. The van der Waals surface area contributed by atoms with E-state index in [0.29, 0.717) is 0 Å². The van der Waals surface area contributed by atoms with E-state index in [4.69, 9.17) is 0 Å². The molecule has 238 valence electrons. The van der Waals surface area contributed by atoms with Crippen molar-refractivity contribution in [3.8, 4) is 11.1 Å². The van der Waals surface area contributed by atoms with Crippen LogP contribution in [0.3, 0.4) is 0 Å². The summed E-state index contributed by atoms with van der Waals surface area (Å²) in [5, 5.41) is 1.63. The first-order valence-corrected chi connectivity index (χ1v) is 23.5. The van der Waals surface area contributed by atoms with Gasteiger partial charge in [0.25, 0.3) is 0 Å². The number of allylic oxidation sites excluding steroid dienone is 4. The molecular weight excluding hydrogens is 695 g/mol. The molecule has 46 heavy (non-hydrogen) atoms. The Labute approximate surface area is 299 Å². The average molecular weight is 743 g/mol. The monoisotopic (exact) mass is 740 g/mol. The molecule has 0 saturated carbocycles. The van der Waals surface area contributed by atoms with Gasteiger partial charge in [-0.15, -0.1) is 0 Å². The van der Waals surface area contributed by atoms with Gasteiger partial charge in [0.05, 0.1) is 0 Å². The quantitative estimate of drug-likeness (QED) is 0.234. The molecule has 0 saturated heterocycles. The van der Waals surface area contributed by atoms with E-state index < -0.39 is 29.3 Å². The van der Waals surface area contributed by atoms with Crippen molar-refractivity contribution in [2.45, 2.75) is 84.9 Å². The molecule has 0 amide bonds. The van der Waals surface area contributed by atoms with Gasteiger partial charge in [-0.2, -0.15) is 0 Å². The fourth-order valence-corrected chi connectivity index (χ4v) is 16.5. The number of hydrogen-bond donors (Lipinski definition) is 0. The van der Waals surface area contributed by atoms with Crippen LogP contribution in [0.2, 0.25) is 19.6 Å². The van der Waals surface area contributed by atoms with Gasteiger partial charge in [0.1, 0.15) is 0 Å². The Morgan fingerprint density at radius 2 is 1.20 bits per heavy atom. The summed E-state index contributed by atoms with van der Waals surface area (Å²) >= 11 is -2.75. The average Bonchev–Trinajstić information content (AvgIpc) is 3.61. The third kappa shape index (κ3) is 7.32. The van der Waals surface area contributed by atoms with Crippen molar-refractivity contribution in [1.29, 1.82) is 0 Å². The summed E-state index contributed by atoms with van der Waals surface area (Å²) in [7, 11) is -1.44. The molecule has 4 aromatic carbocycles. The van der Waals surface area contributed by atoms with Gasteiger partial charge >= 0.3 is 277 Å². The SMILES string of the molecule is CC(C)(C)c1ccc2c(c1)-c1cc(C(C)(C)C)c[c]([Zr+2]([C]3=CC([Si](C)(C)C)=CC3)=[C](c3ccccc3)c3ccccc3)c1C2.[Cl-].[Cl-]. The summed E-state index contributed by atoms with van der Waals surface area (Å²) < 4.78 is 5.03. The van der Waals surface area contributed by atoms with E-state index in [1.54, 1.807) is 20.5 Å². The summed E-state index contributed by atoms with van der Waals surface area (Å²) in [4.78, 5) is 0. The summed E-state index contributed by atoms with van der Waals surface area (Å²) in [6.45, 7) is 21.7. The number of benzene rings is 4. The maximum atomic E-state index is 2.68. The number of halogens is 2. The number of hydrogen-bond acceptors (Lipinski definition) is 0. The standard InChI is InChI=1S/C21H25.C13H10.C8H13Si.2ClH.Zr/c1-20(2,3)16-9-7-14-11-15-8-10-17(21(4,5)6)13-19(15)18(14)12-16;1-3-7-12(8-4-1)11-13-9-5-2-6-10-13;1-9(2,3)8-6-4-5-7-8;;;/h7,9-10,12-13H,11H2,1-6H3;1-10H;6-7H,4H2,1-3H3;2*1H;/q;;;;;+2/p-2. The summed E-state index contributed by atoms with van der Waals surface area (Å²) in [6, 6.07) is 35.2. The second-order valence-corrected chi connectivity index (χ2v) is 26.9. The third-order valence-corrected chi connectivity index (χ3v) is 19.0. The van der Waals surface area contributed by atoms with E-state index in [1.807, 2.05) is 0 Å². The zero-order valence-corrected chi connectivity index (χ0v) is 34.0. The van der Waals surface area contributed by atoms with Gasteiger partial charge in [-0.1, -0.05) is 0 Å². The van der Waals surface area contributed by atoms with E-state index in [9.17, 15) is 0 Å². The molecular formula is C42H48Cl2SiZr. The second kappa shape index (κ2) is 13.8. The Hall–Kier alpha value is -2.09. The van der Waals surface area contributed by atoms with Crippen LogP contribution >= 0.6 is 0 Å². The largest absolute Gasteiger partial charge is 1.00 e. The first kappa shape index (κ1) is 36.7. The zero-order valence-electron chi connectivity index (χ0n) is 29.0. The molecule has 0 spiro atoms. The fraction of sp³-hybridized carbons (Fsp3) is 0.310. The fourth-order valence-electron chi connectivity index (χ4n) is 6.75. The van der Waals surface area contributed by atoms with Gasteiger partial charge in [-0.05, 0) is 0 Å². The number of rotatable bonds is 5. The molecule has 2 aliphatic rings. The van der Waals surface area contributed by atoms with Crippen LogP contribution in [0.15, 0.2) is 112 Å². The van der Waals surface area contributed by atoms with E-state index in [1.165, 1.54) is 38.9 Å². The molecule has 0 radical (unpaired) electrons. The molecule has 6 rings (SSSR count). The molecule has 0 nitrogen and oxygen atoms in total. The molecule has 0 N–H and O–H groups in total. The van der Waals surface area contributed by atoms with E-state index in [-0.39, 0.29) is 35.6 Å². The van der Waals surface area contributed by atoms with E-state index in [0.717, 1.165) is 12.8 Å². The van der Waals surface area contributed by atoms with Gasteiger partial charge < -0.3 is 24.8 Å². The summed E-state index contributed by atoms with van der Waals surface area (Å²) in [6.07, 6.45) is 7.42. The van der Waals surface area contributed by atoms with Crippen molar-refractivity contribution in [3.63, 3.8) is 0 Å². The first-order chi connectivity index (χ1) is 20.7. The van der Waals surface area contributed by atoms with Crippen LogP contribution in [0, 0.1) is 0 Å². The van der Waals surface area contributed by atoms with Gasteiger partial charge in [0.15, 0.2) is 0 Å². The molecule has 0 aliphatic heterocycles. The molecule has 2 aliphatic carbocycles. The molecule has 4 heteroatoms. The maximum Gasteiger partial charge on any atom is -1.00 e. The molecule has 0 bridgehead atoms. The van der Waals surface area contributed by atoms with Crippen LogP contribution in [-0.2, 0) is 38.5 Å². The van der Waals surface area contributed by atoms with Crippen LogP contribution in [0.25, 0.3) is 11.1 Å². The van der Waals surface area contributed by atoms with Crippen LogP contribution in [-0.4, -0.2) is 11.3 Å². The van der Waals surface area contributed by atoms with Gasteiger partial charge in [-0.3, -0.25) is 0 Å². The van der Waals surface area contributed by atoms with Crippen molar-refractivity contribution in [3.05, 3.63) is 145 Å². The molecule has 0 aromatic heterocycles. The van der Waals surface area contributed by atoms with Crippen molar-refractivity contribution >= 4 is 14.6 Å². The summed E-state index contributed by atoms with van der Waals surface area (Å²) in [5.74, 6) is 0. The predicted octanol–water partition coefficient (Wildman–Crippen LogP) is 4.46. The van der Waals surface area contributed by atoms with Crippen molar-refractivity contribution in [1.82, 2.24) is 0 Å². The zero-order chi connectivity index (χ0) is 31.4. The number of fused-ring (bicyclic) bond motifs is 3. The van der Waals surface area contributed by atoms with Gasteiger partial charge in [0, 0.05) is 0 Å². The topological polar surface area (TPSA) is 0 Å². The Kier molecular flexibility index (Phi) is 11.0. The minimum Gasteiger partial charge on any atom is -1.00 e. The van der Waals surface area contributed by atoms with Crippen LogP contribution in [0.5, 0.6) is 0 Å². The van der Waals surface area contributed by atoms with E-state index in [2.05, 4.69) is 164 Å². The molecule has 0 heterocycles. The second-order valence-electron chi connectivity index (χ2n) is 15.9. The Bertz CT molecular complexity index is 1790. The molecule has 0 fully saturated rings. The first-order valence-electron chi connectivity index (χ1n) is 16.3. The summed E-state index contributed by atoms with van der Waals surface area (Å²) in [5.41, 5.74) is 11.9. The van der Waals surface area contributed by atoms with Crippen molar-refractivity contribution < 1.29 is 46.1 Å². The van der Waals surface area contributed by atoms with Crippen molar-refractivity contribution in [2.75, 3.05) is 0 Å². The minimum atomic E-state index is -2.75. The Morgan fingerprint density at radius 3 is 1.70 bits per heavy atom. The maximum absolute atomic E-state index is 2.75. The molecule has 0 unspecified atom stereocenters. The normalized spacial score (nSPS) is 13.7. The van der Waals surface area contributed by atoms with Crippen molar-refractivity contribution in [2.24, 2.45) is 0 Å². The van der Waals surface area contributed by atoms with E-state index >= 15 is 0 Å². The van der Waals surface area contributed by atoms with Gasteiger partial charge in [-0.25, -0.2) is 0 Å². The van der Waals surface area contributed by atoms with Crippen LogP contribution in [0.1, 0.15) is 81.3 Å².